The monoisotopic (exact) mass is 360 g/mol. The van der Waals surface area contributed by atoms with E-state index in [-0.39, 0.29) is 18.0 Å². The number of piperidine rings is 1. The van der Waals surface area contributed by atoms with Crippen LogP contribution in [0.3, 0.4) is 0 Å². The van der Waals surface area contributed by atoms with Crippen LogP contribution in [-0.4, -0.2) is 69.2 Å². The first kappa shape index (κ1) is 18.0. The highest BCUT2D eigenvalue weighted by Crippen LogP contribution is 2.23. The standard InChI is InChI=1S/C17H24N6O3/c1-10(2)20-16(24)12-7-18-15-14(12)21-13(8-19-15)23-6-4-5-11(9-23)22(3)17(25)26/h7-8,10-11H,4-6,9H2,1-3H3,(H,18,19)(H,20,24)(H,25,26). The molecule has 3 rings (SSSR count). The van der Waals surface area contributed by atoms with Crippen LogP contribution in [0, 0.1) is 0 Å². The third kappa shape index (κ3) is 3.56. The zero-order valence-corrected chi connectivity index (χ0v) is 15.2. The maximum absolute atomic E-state index is 12.3. The molecule has 1 fully saturated rings. The molecule has 9 heteroatoms. The quantitative estimate of drug-likeness (QED) is 0.764. The van der Waals surface area contributed by atoms with Crippen LogP contribution in [0.25, 0.3) is 11.2 Å². The van der Waals surface area contributed by atoms with Crippen molar-refractivity contribution in [1.82, 2.24) is 25.2 Å². The second-order valence-electron chi connectivity index (χ2n) is 6.89. The number of hydrogen-bond donors (Lipinski definition) is 3. The number of fused-ring (bicyclic) bond motifs is 1. The first-order valence-electron chi connectivity index (χ1n) is 8.72. The molecule has 0 aromatic carbocycles. The van der Waals surface area contributed by atoms with Crippen molar-refractivity contribution in [3.63, 3.8) is 0 Å². The van der Waals surface area contributed by atoms with Crippen molar-refractivity contribution < 1.29 is 14.7 Å². The lowest BCUT2D eigenvalue weighted by Gasteiger charge is -2.36. The summed E-state index contributed by atoms with van der Waals surface area (Å²) in [6.45, 7) is 5.14. The molecule has 9 nitrogen and oxygen atoms in total. The van der Waals surface area contributed by atoms with Gasteiger partial charge < -0.3 is 25.2 Å². The number of likely N-dealkylation sites (N-methyl/N-ethyl adjacent to an activating group) is 1. The molecule has 140 valence electrons. The number of carbonyl (C=O) groups is 2. The maximum Gasteiger partial charge on any atom is 0.407 e. The van der Waals surface area contributed by atoms with Crippen LogP contribution in [0.15, 0.2) is 12.4 Å². The molecule has 0 aliphatic carbocycles. The fourth-order valence-corrected chi connectivity index (χ4v) is 3.18. The minimum absolute atomic E-state index is 0.0259. The summed E-state index contributed by atoms with van der Waals surface area (Å²) in [5, 5.41) is 12.1. The van der Waals surface area contributed by atoms with E-state index in [4.69, 9.17) is 0 Å². The van der Waals surface area contributed by atoms with Crippen LogP contribution in [0.4, 0.5) is 10.6 Å². The summed E-state index contributed by atoms with van der Waals surface area (Å²) in [4.78, 5) is 38.9. The summed E-state index contributed by atoms with van der Waals surface area (Å²) in [6, 6.07) is -0.0633. The molecule has 0 bridgehead atoms. The smallest absolute Gasteiger partial charge is 0.407 e. The van der Waals surface area contributed by atoms with Gasteiger partial charge in [-0.25, -0.2) is 14.8 Å². The molecule has 1 aliphatic rings. The van der Waals surface area contributed by atoms with Crippen molar-refractivity contribution in [3.8, 4) is 0 Å². The first-order chi connectivity index (χ1) is 12.4. The van der Waals surface area contributed by atoms with Crippen molar-refractivity contribution in [2.75, 3.05) is 25.0 Å². The third-order valence-electron chi connectivity index (χ3n) is 4.60. The van der Waals surface area contributed by atoms with E-state index in [0.717, 1.165) is 19.4 Å². The van der Waals surface area contributed by atoms with E-state index < -0.39 is 6.09 Å². The Morgan fingerprint density at radius 1 is 1.46 bits per heavy atom. The number of aromatic amines is 1. The Morgan fingerprint density at radius 2 is 2.23 bits per heavy atom. The molecular weight excluding hydrogens is 336 g/mol. The van der Waals surface area contributed by atoms with Gasteiger partial charge in [-0.2, -0.15) is 0 Å². The number of nitrogens with zero attached hydrogens (tertiary/aromatic N) is 4. The molecule has 0 saturated carbocycles. The molecule has 2 aromatic rings. The number of rotatable bonds is 4. The number of carboxylic acid groups (broad SMARTS) is 1. The van der Waals surface area contributed by atoms with Crippen molar-refractivity contribution in [3.05, 3.63) is 18.0 Å². The SMILES string of the molecule is CC(C)NC(=O)c1c[nH]c2ncc(N3CCCC(N(C)C(=O)O)C3)nc12. The highest BCUT2D eigenvalue weighted by Gasteiger charge is 2.27. The minimum Gasteiger partial charge on any atom is -0.465 e. The van der Waals surface area contributed by atoms with Crippen molar-refractivity contribution in [2.45, 2.75) is 38.8 Å². The lowest BCUT2D eigenvalue weighted by atomic mass is 10.0. The van der Waals surface area contributed by atoms with Crippen LogP contribution in [0.5, 0.6) is 0 Å². The summed E-state index contributed by atoms with van der Waals surface area (Å²) in [6.07, 6.45) is 4.03. The van der Waals surface area contributed by atoms with Crippen LogP contribution < -0.4 is 10.2 Å². The molecule has 1 aliphatic heterocycles. The lowest BCUT2D eigenvalue weighted by molar-refractivity contribution is 0.0944. The van der Waals surface area contributed by atoms with Gasteiger partial charge in [-0.15, -0.1) is 0 Å². The van der Waals surface area contributed by atoms with Crippen LogP contribution in [0.1, 0.15) is 37.0 Å². The number of H-pyrrole nitrogens is 1. The fourth-order valence-electron chi connectivity index (χ4n) is 3.18. The van der Waals surface area contributed by atoms with Crippen molar-refractivity contribution >= 4 is 29.0 Å². The lowest BCUT2D eigenvalue weighted by Crippen LogP contribution is -2.48. The van der Waals surface area contributed by atoms with E-state index in [9.17, 15) is 14.7 Å². The average Bonchev–Trinajstić information content (AvgIpc) is 3.03. The van der Waals surface area contributed by atoms with Gasteiger partial charge in [0.05, 0.1) is 17.8 Å². The third-order valence-corrected chi connectivity index (χ3v) is 4.60. The average molecular weight is 360 g/mol. The number of anilines is 1. The Labute approximate surface area is 151 Å². The molecule has 1 unspecified atom stereocenters. The molecule has 1 saturated heterocycles. The Hall–Kier alpha value is -2.84. The van der Waals surface area contributed by atoms with Gasteiger partial charge in [0.2, 0.25) is 0 Å². The molecule has 0 radical (unpaired) electrons. The van der Waals surface area contributed by atoms with Gasteiger partial charge >= 0.3 is 6.09 Å². The molecule has 3 heterocycles. The summed E-state index contributed by atoms with van der Waals surface area (Å²) < 4.78 is 0. The largest absolute Gasteiger partial charge is 0.465 e. The van der Waals surface area contributed by atoms with Gasteiger partial charge in [0.15, 0.2) is 5.65 Å². The molecule has 0 spiro atoms. The van der Waals surface area contributed by atoms with E-state index >= 15 is 0 Å². The number of aromatic nitrogens is 3. The number of hydrogen-bond acceptors (Lipinski definition) is 5. The van der Waals surface area contributed by atoms with Gasteiger partial charge in [0, 0.05) is 32.4 Å². The molecule has 3 N–H and O–H groups in total. The Kier molecular flexibility index (Phi) is 4.97. The van der Waals surface area contributed by atoms with E-state index in [1.54, 1.807) is 19.4 Å². The highest BCUT2D eigenvalue weighted by atomic mass is 16.4. The molecule has 2 amide bonds. The topological polar surface area (TPSA) is 114 Å². The van der Waals surface area contributed by atoms with E-state index in [1.807, 2.05) is 18.7 Å². The maximum atomic E-state index is 12.3. The first-order valence-corrected chi connectivity index (χ1v) is 8.72. The van der Waals surface area contributed by atoms with Gasteiger partial charge in [0.1, 0.15) is 11.3 Å². The summed E-state index contributed by atoms with van der Waals surface area (Å²) in [5.74, 6) is 0.457. The zero-order valence-electron chi connectivity index (χ0n) is 15.2. The highest BCUT2D eigenvalue weighted by molar-refractivity contribution is 6.04. The molecule has 2 aromatic heterocycles. The van der Waals surface area contributed by atoms with Crippen LogP contribution >= 0.6 is 0 Å². The summed E-state index contributed by atoms with van der Waals surface area (Å²) in [7, 11) is 1.59. The van der Waals surface area contributed by atoms with Gasteiger partial charge in [-0.1, -0.05) is 0 Å². The normalized spacial score (nSPS) is 17.5. The fraction of sp³-hybridized carbons (Fsp3) is 0.529. The molecular formula is C17H24N6O3. The number of nitrogens with one attached hydrogen (secondary N) is 2. The Morgan fingerprint density at radius 3 is 2.92 bits per heavy atom. The summed E-state index contributed by atoms with van der Waals surface area (Å²) in [5.41, 5.74) is 1.53. The number of carbonyl (C=O) groups excluding carboxylic acids is 1. The van der Waals surface area contributed by atoms with Crippen LogP contribution in [-0.2, 0) is 0 Å². The Balaban J connectivity index is 1.86. The van der Waals surface area contributed by atoms with E-state index in [1.165, 1.54) is 4.90 Å². The number of amides is 2. The van der Waals surface area contributed by atoms with Gasteiger partial charge in [0.25, 0.3) is 5.91 Å². The summed E-state index contributed by atoms with van der Waals surface area (Å²) >= 11 is 0. The predicted octanol–water partition coefficient (Wildman–Crippen LogP) is 1.67. The van der Waals surface area contributed by atoms with Gasteiger partial charge in [-0.3, -0.25) is 4.79 Å². The Bertz CT molecular complexity index is 818. The second kappa shape index (κ2) is 7.19. The molecule has 26 heavy (non-hydrogen) atoms. The van der Waals surface area contributed by atoms with E-state index in [0.29, 0.717) is 29.1 Å². The predicted molar refractivity (Wildman–Crippen MR) is 97.5 cm³/mol. The minimum atomic E-state index is -0.934. The van der Waals surface area contributed by atoms with E-state index in [2.05, 4.69) is 20.3 Å². The van der Waals surface area contributed by atoms with Crippen LogP contribution in [0.2, 0.25) is 0 Å². The van der Waals surface area contributed by atoms with Crippen molar-refractivity contribution in [2.24, 2.45) is 0 Å². The zero-order chi connectivity index (χ0) is 18.8. The molecule has 1 atom stereocenters. The second-order valence-corrected chi connectivity index (χ2v) is 6.89. The van der Waals surface area contributed by atoms with Crippen molar-refractivity contribution in [1.29, 1.82) is 0 Å². The van der Waals surface area contributed by atoms with Gasteiger partial charge in [-0.05, 0) is 26.7 Å².